The third-order valence-corrected chi connectivity index (χ3v) is 1.84. The predicted octanol–water partition coefficient (Wildman–Crippen LogP) is 0.907. The SMILES string of the molecule is CC(CC(=O)O)CC(=O)NCCCC#N. The summed E-state index contributed by atoms with van der Waals surface area (Å²) >= 11 is 0. The van der Waals surface area contributed by atoms with Crippen LogP contribution in [0, 0.1) is 17.2 Å². The van der Waals surface area contributed by atoms with E-state index in [0.29, 0.717) is 19.4 Å². The van der Waals surface area contributed by atoms with Gasteiger partial charge in [0.15, 0.2) is 0 Å². The minimum Gasteiger partial charge on any atom is -0.481 e. The first-order valence-electron chi connectivity index (χ1n) is 4.91. The van der Waals surface area contributed by atoms with Gasteiger partial charge in [-0.25, -0.2) is 0 Å². The van der Waals surface area contributed by atoms with Gasteiger partial charge in [-0.3, -0.25) is 9.59 Å². The lowest BCUT2D eigenvalue weighted by Crippen LogP contribution is -2.26. The van der Waals surface area contributed by atoms with Gasteiger partial charge in [0.25, 0.3) is 0 Å². The number of nitrogens with zero attached hydrogens (tertiary/aromatic N) is 1. The summed E-state index contributed by atoms with van der Waals surface area (Å²) in [7, 11) is 0. The van der Waals surface area contributed by atoms with Crippen molar-refractivity contribution in [2.24, 2.45) is 5.92 Å². The molecule has 5 nitrogen and oxygen atoms in total. The lowest BCUT2D eigenvalue weighted by Gasteiger charge is -2.08. The molecule has 0 saturated carbocycles. The molecule has 15 heavy (non-hydrogen) atoms. The van der Waals surface area contributed by atoms with Gasteiger partial charge in [0, 0.05) is 25.8 Å². The van der Waals surface area contributed by atoms with E-state index in [9.17, 15) is 9.59 Å². The van der Waals surface area contributed by atoms with Crippen molar-refractivity contribution in [1.29, 1.82) is 5.26 Å². The molecule has 0 radical (unpaired) electrons. The van der Waals surface area contributed by atoms with E-state index in [0.717, 1.165) is 0 Å². The van der Waals surface area contributed by atoms with Crippen LogP contribution in [0.5, 0.6) is 0 Å². The maximum absolute atomic E-state index is 11.2. The first kappa shape index (κ1) is 13.4. The molecule has 2 N–H and O–H groups in total. The van der Waals surface area contributed by atoms with Crippen molar-refractivity contribution in [3.05, 3.63) is 0 Å². The van der Waals surface area contributed by atoms with E-state index in [1.54, 1.807) is 6.92 Å². The molecule has 0 bridgehead atoms. The highest BCUT2D eigenvalue weighted by Gasteiger charge is 2.11. The smallest absolute Gasteiger partial charge is 0.303 e. The van der Waals surface area contributed by atoms with E-state index in [1.807, 2.05) is 6.07 Å². The molecule has 0 fully saturated rings. The Labute approximate surface area is 89.1 Å². The molecule has 0 heterocycles. The van der Waals surface area contributed by atoms with Crippen LogP contribution in [0.3, 0.4) is 0 Å². The maximum Gasteiger partial charge on any atom is 0.303 e. The average molecular weight is 212 g/mol. The Morgan fingerprint density at radius 1 is 1.47 bits per heavy atom. The number of nitrogens with one attached hydrogen (secondary N) is 1. The van der Waals surface area contributed by atoms with Crippen LogP contribution in [0.4, 0.5) is 0 Å². The maximum atomic E-state index is 11.2. The van der Waals surface area contributed by atoms with Crippen molar-refractivity contribution in [2.45, 2.75) is 32.6 Å². The summed E-state index contributed by atoms with van der Waals surface area (Å²) in [4.78, 5) is 21.5. The second-order valence-corrected chi connectivity index (χ2v) is 3.52. The first-order chi connectivity index (χ1) is 7.06. The quantitative estimate of drug-likeness (QED) is 0.613. The number of hydrogen-bond acceptors (Lipinski definition) is 3. The average Bonchev–Trinajstić information content (AvgIpc) is 2.10. The van der Waals surface area contributed by atoms with E-state index < -0.39 is 5.97 Å². The summed E-state index contributed by atoms with van der Waals surface area (Å²) in [6.07, 6.45) is 1.28. The van der Waals surface area contributed by atoms with Crippen LogP contribution in [0.2, 0.25) is 0 Å². The molecule has 5 heteroatoms. The molecule has 1 amide bonds. The summed E-state index contributed by atoms with van der Waals surface area (Å²) in [5, 5.41) is 19.4. The monoisotopic (exact) mass is 212 g/mol. The van der Waals surface area contributed by atoms with Gasteiger partial charge in [0.05, 0.1) is 6.07 Å². The van der Waals surface area contributed by atoms with Crippen LogP contribution >= 0.6 is 0 Å². The van der Waals surface area contributed by atoms with Crippen LogP contribution < -0.4 is 5.32 Å². The molecule has 0 spiro atoms. The molecule has 0 saturated heterocycles. The van der Waals surface area contributed by atoms with Gasteiger partial charge in [-0.2, -0.15) is 5.26 Å². The van der Waals surface area contributed by atoms with E-state index >= 15 is 0 Å². The lowest BCUT2D eigenvalue weighted by molar-refractivity contribution is -0.138. The Kier molecular flexibility index (Phi) is 6.98. The lowest BCUT2D eigenvalue weighted by atomic mass is 10.0. The van der Waals surface area contributed by atoms with Gasteiger partial charge in [-0.1, -0.05) is 6.92 Å². The molecule has 0 aromatic carbocycles. The molecule has 0 aliphatic carbocycles. The zero-order valence-electron chi connectivity index (χ0n) is 8.82. The largest absolute Gasteiger partial charge is 0.481 e. The summed E-state index contributed by atoms with van der Waals surface area (Å²) < 4.78 is 0. The van der Waals surface area contributed by atoms with Crippen LogP contribution in [-0.4, -0.2) is 23.5 Å². The highest BCUT2D eigenvalue weighted by molar-refractivity contribution is 5.77. The van der Waals surface area contributed by atoms with Crippen molar-refractivity contribution >= 4 is 11.9 Å². The van der Waals surface area contributed by atoms with Gasteiger partial charge in [0.2, 0.25) is 5.91 Å². The molecular weight excluding hydrogens is 196 g/mol. The highest BCUT2D eigenvalue weighted by atomic mass is 16.4. The second kappa shape index (κ2) is 7.80. The molecule has 0 aromatic rings. The zero-order valence-corrected chi connectivity index (χ0v) is 8.82. The van der Waals surface area contributed by atoms with Crippen molar-refractivity contribution in [1.82, 2.24) is 5.32 Å². The fourth-order valence-corrected chi connectivity index (χ4v) is 1.15. The fraction of sp³-hybridized carbons (Fsp3) is 0.700. The van der Waals surface area contributed by atoms with Crippen LogP contribution in [-0.2, 0) is 9.59 Å². The second-order valence-electron chi connectivity index (χ2n) is 3.52. The Morgan fingerprint density at radius 3 is 2.67 bits per heavy atom. The third kappa shape index (κ3) is 8.75. The summed E-state index contributed by atoms with van der Waals surface area (Å²) in [5.74, 6) is -1.19. The Bertz CT molecular complexity index is 258. The summed E-state index contributed by atoms with van der Waals surface area (Å²) in [6.45, 7) is 2.20. The summed E-state index contributed by atoms with van der Waals surface area (Å²) in [6, 6.07) is 1.98. The number of aliphatic carboxylic acids is 1. The van der Waals surface area contributed by atoms with Gasteiger partial charge in [-0.15, -0.1) is 0 Å². The van der Waals surface area contributed by atoms with Crippen molar-refractivity contribution < 1.29 is 14.7 Å². The number of nitriles is 1. The van der Waals surface area contributed by atoms with Gasteiger partial charge >= 0.3 is 5.97 Å². The fourth-order valence-electron chi connectivity index (χ4n) is 1.15. The van der Waals surface area contributed by atoms with Gasteiger partial charge in [0.1, 0.15) is 0 Å². The molecule has 84 valence electrons. The summed E-state index contributed by atoms with van der Waals surface area (Å²) in [5.41, 5.74) is 0. The van der Waals surface area contributed by atoms with E-state index in [4.69, 9.17) is 10.4 Å². The van der Waals surface area contributed by atoms with Crippen LogP contribution in [0.15, 0.2) is 0 Å². The standard InChI is InChI=1S/C10H16N2O3/c1-8(7-10(14)15)6-9(13)12-5-3-2-4-11/h8H,2-3,5-7H2,1H3,(H,12,13)(H,14,15). The number of rotatable bonds is 7. The number of amides is 1. The molecule has 1 atom stereocenters. The Hall–Kier alpha value is -1.57. The molecule has 1 unspecified atom stereocenters. The topological polar surface area (TPSA) is 90.2 Å². The van der Waals surface area contributed by atoms with E-state index in [-0.39, 0.29) is 24.7 Å². The first-order valence-corrected chi connectivity index (χ1v) is 4.91. The van der Waals surface area contributed by atoms with Gasteiger partial charge in [-0.05, 0) is 12.3 Å². The van der Waals surface area contributed by atoms with Crippen molar-refractivity contribution in [2.75, 3.05) is 6.54 Å². The Morgan fingerprint density at radius 2 is 2.13 bits per heavy atom. The van der Waals surface area contributed by atoms with E-state index in [2.05, 4.69) is 5.32 Å². The molecule has 0 rings (SSSR count). The molecular formula is C10H16N2O3. The zero-order chi connectivity index (χ0) is 11.7. The van der Waals surface area contributed by atoms with Crippen molar-refractivity contribution in [3.8, 4) is 6.07 Å². The predicted molar refractivity (Wildman–Crippen MR) is 53.9 cm³/mol. The van der Waals surface area contributed by atoms with Gasteiger partial charge < -0.3 is 10.4 Å². The number of carbonyl (C=O) groups is 2. The number of carbonyl (C=O) groups excluding carboxylic acids is 1. The number of carboxylic acid groups (broad SMARTS) is 1. The normalized spacial score (nSPS) is 11.5. The van der Waals surface area contributed by atoms with Crippen molar-refractivity contribution in [3.63, 3.8) is 0 Å². The number of carboxylic acids is 1. The number of hydrogen-bond donors (Lipinski definition) is 2. The minimum atomic E-state index is -0.889. The number of unbranched alkanes of at least 4 members (excludes halogenated alkanes) is 1. The Balaban J connectivity index is 3.56. The minimum absolute atomic E-state index is 0.00557. The van der Waals surface area contributed by atoms with Crippen LogP contribution in [0.1, 0.15) is 32.6 Å². The molecule has 0 aliphatic heterocycles. The van der Waals surface area contributed by atoms with Crippen LogP contribution in [0.25, 0.3) is 0 Å². The van der Waals surface area contributed by atoms with E-state index in [1.165, 1.54) is 0 Å². The molecule has 0 aliphatic rings. The third-order valence-electron chi connectivity index (χ3n) is 1.84. The highest BCUT2D eigenvalue weighted by Crippen LogP contribution is 2.06. The molecule has 0 aromatic heterocycles.